The molecule has 0 radical (unpaired) electrons. The number of anilines is 1. The number of alkyl carbamates (subject to hydrolysis) is 1. The Bertz CT molecular complexity index is 639. The minimum absolute atomic E-state index is 0.0701. The molecule has 0 aliphatic heterocycles. The SMILES string of the molecule is CCC(C)C(NC(=O)OC(C)(C)C)C(=O)Nc1ncccc1C(=O)O. The third kappa shape index (κ3) is 6.40. The zero-order valence-corrected chi connectivity index (χ0v) is 15.1. The summed E-state index contributed by atoms with van der Waals surface area (Å²) in [6.07, 6.45) is 1.29. The highest BCUT2D eigenvalue weighted by atomic mass is 16.6. The molecule has 2 amide bonds. The summed E-state index contributed by atoms with van der Waals surface area (Å²) in [5, 5.41) is 14.2. The van der Waals surface area contributed by atoms with E-state index in [0.29, 0.717) is 6.42 Å². The number of nitrogens with one attached hydrogen (secondary N) is 2. The number of carbonyl (C=O) groups is 3. The summed E-state index contributed by atoms with van der Waals surface area (Å²) in [5.41, 5.74) is -0.825. The largest absolute Gasteiger partial charge is 0.478 e. The topological polar surface area (TPSA) is 118 Å². The number of aromatic nitrogens is 1. The van der Waals surface area contributed by atoms with Crippen molar-refractivity contribution in [1.82, 2.24) is 10.3 Å². The van der Waals surface area contributed by atoms with Crippen LogP contribution in [0.1, 0.15) is 51.4 Å². The van der Waals surface area contributed by atoms with Gasteiger partial charge in [0, 0.05) is 6.20 Å². The van der Waals surface area contributed by atoms with Gasteiger partial charge >= 0.3 is 12.1 Å². The zero-order valence-electron chi connectivity index (χ0n) is 15.1. The number of ether oxygens (including phenoxy) is 1. The Kier molecular flexibility index (Phi) is 6.90. The molecule has 1 rings (SSSR count). The van der Waals surface area contributed by atoms with Gasteiger partial charge in [-0.25, -0.2) is 14.6 Å². The molecule has 25 heavy (non-hydrogen) atoms. The van der Waals surface area contributed by atoms with Crippen LogP contribution in [-0.2, 0) is 9.53 Å². The van der Waals surface area contributed by atoms with Gasteiger partial charge in [0.25, 0.3) is 0 Å². The van der Waals surface area contributed by atoms with Gasteiger partial charge in [0.2, 0.25) is 5.91 Å². The lowest BCUT2D eigenvalue weighted by atomic mass is 9.98. The number of nitrogens with zero attached hydrogens (tertiary/aromatic N) is 1. The molecule has 0 aliphatic rings. The maximum absolute atomic E-state index is 12.6. The van der Waals surface area contributed by atoms with E-state index in [4.69, 9.17) is 9.84 Å². The number of pyridine rings is 1. The molecule has 1 heterocycles. The van der Waals surface area contributed by atoms with Crippen molar-refractivity contribution in [3.05, 3.63) is 23.9 Å². The molecule has 0 saturated heterocycles. The minimum Gasteiger partial charge on any atom is -0.478 e. The van der Waals surface area contributed by atoms with Gasteiger partial charge in [-0.1, -0.05) is 20.3 Å². The lowest BCUT2D eigenvalue weighted by molar-refractivity contribution is -0.119. The van der Waals surface area contributed by atoms with Crippen molar-refractivity contribution >= 4 is 23.8 Å². The third-order valence-corrected chi connectivity index (χ3v) is 3.45. The summed E-state index contributed by atoms with van der Waals surface area (Å²) >= 11 is 0. The summed E-state index contributed by atoms with van der Waals surface area (Å²) in [6.45, 7) is 8.84. The van der Waals surface area contributed by atoms with Crippen LogP contribution in [0.2, 0.25) is 0 Å². The second kappa shape index (κ2) is 8.46. The van der Waals surface area contributed by atoms with Gasteiger partial charge in [-0.2, -0.15) is 0 Å². The molecule has 0 fully saturated rings. The van der Waals surface area contributed by atoms with Gasteiger partial charge in [-0.05, 0) is 38.8 Å². The molecule has 3 N–H and O–H groups in total. The first-order valence-electron chi connectivity index (χ1n) is 8.03. The van der Waals surface area contributed by atoms with E-state index >= 15 is 0 Å². The number of hydrogen-bond acceptors (Lipinski definition) is 5. The van der Waals surface area contributed by atoms with Crippen LogP contribution in [0.5, 0.6) is 0 Å². The van der Waals surface area contributed by atoms with Crippen LogP contribution in [0.3, 0.4) is 0 Å². The number of amides is 2. The van der Waals surface area contributed by atoms with E-state index in [-0.39, 0.29) is 17.3 Å². The molecule has 1 aromatic rings. The Labute approximate surface area is 147 Å². The van der Waals surface area contributed by atoms with E-state index < -0.39 is 29.6 Å². The van der Waals surface area contributed by atoms with Crippen LogP contribution in [-0.4, -0.2) is 39.7 Å². The van der Waals surface area contributed by atoms with Crippen LogP contribution >= 0.6 is 0 Å². The van der Waals surface area contributed by atoms with Crippen LogP contribution in [0.15, 0.2) is 18.3 Å². The Morgan fingerprint density at radius 1 is 1.32 bits per heavy atom. The summed E-state index contributed by atoms with van der Waals surface area (Å²) in [7, 11) is 0. The maximum atomic E-state index is 12.6. The monoisotopic (exact) mass is 351 g/mol. The minimum atomic E-state index is -1.21. The standard InChI is InChI=1S/C17H25N3O5/c1-6-10(2)12(19-16(24)25-17(3,4)5)14(21)20-13-11(15(22)23)8-7-9-18-13/h7-10,12H,6H2,1-5H3,(H,19,24)(H,22,23)(H,18,20,21). The summed E-state index contributed by atoms with van der Waals surface area (Å²) < 4.78 is 5.19. The summed E-state index contributed by atoms with van der Waals surface area (Å²) in [4.78, 5) is 39.7. The summed E-state index contributed by atoms with van der Waals surface area (Å²) in [5.74, 6) is -2.02. The highest BCUT2D eigenvalue weighted by Crippen LogP contribution is 2.15. The Hall–Kier alpha value is -2.64. The van der Waals surface area contributed by atoms with Crippen molar-refractivity contribution in [2.75, 3.05) is 5.32 Å². The van der Waals surface area contributed by atoms with Gasteiger partial charge in [0.05, 0.1) is 0 Å². The van der Waals surface area contributed by atoms with Crippen molar-refractivity contribution in [2.45, 2.75) is 52.7 Å². The second-order valence-corrected chi connectivity index (χ2v) is 6.70. The van der Waals surface area contributed by atoms with Crippen molar-refractivity contribution in [2.24, 2.45) is 5.92 Å². The molecule has 2 atom stereocenters. The lowest BCUT2D eigenvalue weighted by Gasteiger charge is -2.26. The van der Waals surface area contributed by atoms with Gasteiger partial charge in [0.1, 0.15) is 23.0 Å². The highest BCUT2D eigenvalue weighted by Gasteiger charge is 2.29. The first kappa shape index (κ1) is 20.4. The van der Waals surface area contributed by atoms with E-state index in [1.165, 1.54) is 18.3 Å². The number of carboxylic acid groups (broad SMARTS) is 1. The third-order valence-electron chi connectivity index (χ3n) is 3.45. The fourth-order valence-corrected chi connectivity index (χ4v) is 2.01. The van der Waals surface area contributed by atoms with Crippen LogP contribution in [0.4, 0.5) is 10.6 Å². The molecule has 8 heteroatoms. The first-order chi connectivity index (χ1) is 11.5. The van der Waals surface area contributed by atoms with Gasteiger partial charge in [-0.3, -0.25) is 4.79 Å². The zero-order chi connectivity index (χ0) is 19.2. The first-order valence-corrected chi connectivity index (χ1v) is 8.03. The normalized spacial score (nSPS) is 13.5. The number of hydrogen-bond donors (Lipinski definition) is 3. The van der Waals surface area contributed by atoms with Crippen molar-refractivity contribution in [3.63, 3.8) is 0 Å². The molecule has 8 nitrogen and oxygen atoms in total. The fourth-order valence-electron chi connectivity index (χ4n) is 2.01. The smallest absolute Gasteiger partial charge is 0.408 e. The van der Waals surface area contributed by atoms with Crippen LogP contribution in [0.25, 0.3) is 0 Å². The molecular formula is C17H25N3O5. The highest BCUT2D eigenvalue weighted by molar-refractivity contribution is 6.01. The van der Waals surface area contributed by atoms with E-state index in [2.05, 4.69) is 15.6 Å². The van der Waals surface area contributed by atoms with Crippen molar-refractivity contribution in [3.8, 4) is 0 Å². The van der Waals surface area contributed by atoms with E-state index in [1.807, 2.05) is 6.92 Å². The number of rotatable bonds is 6. The molecule has 0 aromatic carbocycles. The number of aromatic carboxylic acids is 1. The number of carboxylic acids is 1. The molecule has 0 bridgehead atoms. The number of carbonyl (C=O) groups excluding carboxylic acids is 2. The predicted octanol–water partition coefficient (Wildman–Crippen LogP) is 2.66. The van der Waals surface area contributed by atoms with E-state index in [0.717, 1.165) is 0 Å². The van der Waals surface area contributed by atoms with E-state index in [1.54, 1.807) is 27.7 Å². The van der Waals surface area contributed by atoms with Gasteiger partial charge in [0.15, 0.2) is 0 Å². The predicted molar refractivity (Wildman–Crippen MR) is 92.4 cm³/mol. The molecule has 0 spiro atoms. The Morgan fingerprint density at radius 3 is 2.48 bits per heavy atom. The average molecular weight is 351 g/mol. The van der Waals surface area contributed by atoms with Gasteiger partial charge in [-0.15, -0.1) is 0 Å². The maximum Gasteiger partial charge on any atom is 0.408 e. The van der Waals surface area contributed by atoms with Gasteiger partial charge < -0.3 is 20.5 Å². The molecule has 0 saturated carbocycles. The van der Waals surface area contributed by atoms with Crippen LogP contribution in [0, 0.1) is 5.92 Å². The lowest BCUT2D eigenvalue weighted by Crippen LogP contribution is -2.49. The molecule has 0 aliphatic carbocycles. The summed E-state index contributed by atoms with van der Waals surface area (Å²) in [6, 6.07) is 1.91. The molecule has 138 valence electrons. The van der Waals surface area contributed by atoms with E-state index in [9.17, 15) is 14.4 Å². The average Bonchev–Trinajstić information content (AvgIpc) is 2.50. The van der Waals surface area contributed by atoms with Crippen molar-refractivity contribution < 1.29 is 24.2 Å². The molecule has 1 aromatic heterocycles. The second-order valence-electron chi connectivity index (χ2n) is 6.70. The fraction of sp³-hybridized carbons (Fsp3) is 0.529. The van der Waals surface area contributed by atoms with Crippen LogP contribution < -0.4 is 10.6 Å². The quantitative estimate of drug-likeness (QED) is 0.725. The molecular weight excluding hydrogens is 326 g/mol. The van der Waals surface area contributed by atoms with Crippen molar-refractivity contribution in [1.29, 1.82) is 0 Å². The Balaban J connectivity index is 2.95. The molecule has 2 unspecified atom stereocenters. The Morgan fingerprint density at radius 2 is 1.96 bits per heavy atom.